The van der Waals surface area contributed by atoms with Gasteiger partial charge in [-0.1, -0.05) is 13.3 Å². The van der Waals surface area contributed by atoms with Gasteiger partial charge >= 0.3 is 0 Å². The highest BCUT2D eigenvalue weighted by atomic mass is 19.1. The van der Waals surface area contributed by atoms with E-state index in [9.17, 15) is 8.78 Å². The number of hydrogen-bond acceptors (Lipinski definition) is 3. The highest BCUT2D eigenvalue weighted by molar-refractivity contribution is 5.48. The van der Waals surface area contributed by atoms with Crippen LogP contribution in [0, 0.1) is 11.6 Å². The quantitative estimate of drug-likeness (QED) is 0.916. The summed E-state index contributed by atoms with van der Waals surface area (Å²) in [6.45, 7) is 4.05. The zero-order valence-corrected chi connectivity index (χ0v) is 11.5. The monoisotopic (exact) mass is 281 g/mol. The maximum Gasteiger partial charge on any atom is 0.155 e. The van der Waals surface area contributed by atoms with Gasteiger partial charge in [-0.15, -0.1) is 0 Å². The number of halogens is 2. The predicted molar refractivity (Wildman–Crippen MR) is 73.1 cm³/mol. The molecule has 2 N–H and O–H groups in total. The van der Waals surface area contributed by atoms with Crippen LogP contribution in [-0.4, -0.2) is 16.4 Å². The van der Waals surface area contributed by atoms with Crippen molar-refractivity contribution in [2.24, 2.45) is 0 Å². The topological polar surface area (TPSA) is 53.1 Å². The summed E-state index contributed by atoms with van der Waals surface area (Å²) in [5.74, 6) is -1.30. The van der Waals surface area contributed by atoms with Crippen molar-refractivity contribution < 1.29 is 13.5 Å². The average molecular weight is 281 g/mol. The van der Waals surface area contributed by atoms with Crippen LogP contribution >= 0.6 is 0 Å². The Morgan fingerprint density at radius 1 is 1.25 bits per heavy atom. The van der Waals surface area contributed by atoms with Crippen LogP contribution in [0.4, 0.5) is 14.5 Å². The van der Waals surface area contributed by atoms with Crippen LogP contribution in [0.15, 0.2) is 18.3 Å². The fraction of sp³-hybridized carbons (Fsp3) is 0.357. The molecule has 0 aliphatic heterocycles. The van der Waals surface area contributed by atoms with E-state index in [-0.39, 0.29) is 11.4 Å². The molecule has 0 radical (unpaired) electrons. The van der Waals surface area contributed by atoms with Gasteiger partial charge in [-0.3, -0.25) is 0 Å². The number of aromatic nitrogens is 2. The van der Waals surface area contributed by atoms with Gasteiger partial charge in [0.25, 0.3) is 0 Å². The molecule has 108 valence electrons. The van der Waals surface area contributed by atoms with Crippen LogP contribution in [0.25, 0.3) is 5.69 Å². The SMILES string of the molecule is CCCc1c(N)cnn1-c1c(F)cc(OCC)cc1F. The van der Waals surface area contributed by atoms with Crippen molar-refractivity contribution in [1.29, 1.82) is 0 Å². The first-order valence-electron chi connectivity index (χ1n) is 6.53. The number of ether oxygens (including phenoxy) is 1. The Labute approximate surface area is 116 Å². The average Bonchev–Trinajstić information content (AvgIpc) is 2.72. The fourth-order valence-electron chi connectivity index (χ4n) is 2.06. The highest BCUT2D eigenvalue weighted by Gasteiger charge is 2.18. The molecule has 6 heteroatoms. The van der Waals surface area contributed by atoms with E-state index < -0.39 is 11.6 Å². The lowest BCUT2D eigenvalue weighted by atomic mass is 10.2. The third-order valence-electron chi connectivity index (χ3n) is 2.90. The number of rotatable bonds is 5. The number of anilines is 1. The molecule has 2 rings (SSSR count). The Morgan fingerprint density at radius 2 is 1.90 bits per heavy atom. The van der Waals surface area contributed by atoms with Gasteiger partial charge in [-0.05, 0) is 13.3 Å². The van der Waals surface area contributed by atoms with Gasteiger partial charge in [0.2, 0.25) is 0 Å². The molecule has 1 heterocycles. The predicted octanol–water partition coefficient (Wildman–Crippen LogP) is 3.08. The number of nitrogens with zero attached hydrogens (tertiary/aromatic N) is 2. The van der Waals surface area contributed by atoms with Crippen LogP contribution in [0.3, 0.4) is 0 Å². The standard InChI is InChI=1S/C14H17F2N3O/c1-3-5-13-12(17)8-18-19(13)14-10(15)6-9(20-4-2)7-11(14)16/h6-8H,3-5,17H2,1-2H3. The number of hydrogen-bond donors (Lipinski definition) is 1. The lowest BCUT2D eigenvalue weighted by Crippen LogP contribution is -2.09. The van der Waals surface area contributed by atoms with Crippen molar-refractivity contribution in [2.45, 2.75) is 26.7 Å². The van der Waals surface area contributed by atoms with E-state index in [1.807, 2.05) is 6.92 Å². The van der Waals surface area contributed by atoms with Crippen molar-refractivity contribution in [3.8, 4) is 11.4 Å². The smallest absolute Gasteiger partial charge is 0.155 e. The van der Waals surface area contributed by atoms with Crippen LogP contribution in [0.1, 0.15) is 26.0 Å². The fourth-order valence-corrected chi connectivity index (χ4v) is 2.06. The van der Waals surface area contributed by atoms with Crippen molar-refractivity contribution in [3.05, 3.63) is 35.7 Å². The van der Waals surface area contributed by atoms with Gasteiger partial charge in [0.1, 0.15) is 11.4 Å². The molecule has 1 aromatic carbocycles. The molecule has 0 saturated heterocycles. The summed E-state index contributed by atoms with van der Waals surface area (Å²) < 4.78 is 34.6. The zero-order chi connectivity index (χ0) is 14.7. The Balaban J connectivity index is 2.53. The van der Waals surface area contributed by atoms with Crippen molar-refractivity contribution in [2.75, 3.05) is 12.3 Å². The molecule has 0 aliphatic rings. The van der Waals surface area contributed by atoms with E-state index in [1.165, 1.54) is 10.9 Å². The molecule has 0 amide bonds. The first-order chi connectivity index (χ1) is 9.58. The summed E-state index contributed by atoms with van der Waals surface area (Å²) in [6.07, 6.45) is 2.80. The van der Waals surface area contributed by atoms with E-state index in [0.29, 0.717) is 24.4 Å². The summed E-state index contributed by atoms with van der Waals surface area (Å²) in [6, 6.07) is 2.30. The van der Waals surface area contributed by atoms with Crippen molar-refractivity contribution in [3.63, 3.8) is 0 Å². The molecule has 0 saturated carbocycles. The molecule has 1 aromatic heterocycles. The molecule has 20 heavy (non-hydrogen) atoms. The third kappa shape index (κ3) is 2.59. The number of benzene rings is 1. The zero-order valence-electron chi connectivity index (χ0n) is 11.5. The molecular formula is C14H17F2N3O. The lowest BCUT2D eigenvalue weighted by molar-refractivity contribution is 0.335. The maximum atomic E-state index is 14.1. The Kier molecular flexibility index (Phi) is 4.22. The first-order valence-corrected chi connectivity index (χ1v) is 6.53. The van der Waals surface area contributed by atoms with Gasteiger partial charge in [-0.2, -0.15) is 5.10 Å². The molecular weight excluding hydrogens is 264 g/mol. The summed E-state index contributed by atoms with van der Waals surface area (Å²) >= 11 is 0. The van der Waals surface area contributed by atoms with Crippen LogP contribution in [-0.2, 0) is 6.42 Å². The van der Waals surface area contributed by atoms with Crippen LogP contribution in [0.5, 0.6) is 5.75 Å². The summed E-state index contributed by atoms with van der Waals surface area (Å²) in [5.41, 5.74) is 6.60. The normalized spacial score (nSPS) is 10.8. The van der Waals surface area contributed by atoms with Gasteiger partial charge in [-0.25, -0.2) is 13.5 Å². The Hall–Kier alpha value is -2.11. The minimum absolute atomic E-state index is 0.156. The van der Waals surface area contributed by atoms with Crippen molar-refractivity contribution in [1.82, 2.24) is 9.78 Å². The second-order valence-electron chi connectivity index (χ2n) is 4.38. The maximum absolute atomic E-state index is 14.1. The van der Waals surface area contributed by atoms with E-state index in [1.54, 1.807) is 6.92 Å². The largest absolute Gasteiger partial charge is 0.494 e. The minimum Gasteiger partial charge on any atom is -0.494 e. The van der Waals surface area contributed by atoms with E-state index in [2.05, 4.69) is 5.10 Å². The minimum atomic E-state index is -0.728. The third-order valence-corrected chi connectivity index (χ3v) is 2.90. The van der Waals surface area contributed by atoms with Gasteiger partial charge < -0.3 is 10.5 Å². The summed E-state index contributed by atoms with van der Waals surface area (Å²) in [5, 5.41) is 3.97. The second-order valence-corrected chi connectivity index (χ2v) is 4.38. The molecule has 0 fully saturated rings. The Morgan fingerprint density at radius 3 is 2.45 bits per heavy atom. The van der Waals surface area contributed by atoms with Crippen LogP contribution < -0.4 is 10.5 Å². The summed E-state index contributed by atoms with van der Waals surface area (Å²) in [4.78, 5) is 0. The molecule has 0 unspecified atom stereocenters. The second kappa shape index (κ2) is 5.90. The molecule has 0 aliphatic carbocycles. The molecule has 0 atom stereocenters. The van der Waals surface area contributed by atoms with E-state index in [4.69, 9.17) is 10.5 Å². The molecule has 4 nitrogen and oxygen atoms in total. The number of nitrogen functional groups attached to an aromatic ring is 1. The van der Waals surface area contributed by atoms with Gasteiger partial charge in [0, 0.05) is 12.1 Å². The molecule has 2 aromatic rings. The van der Waals surface area contributed by atoms with Gasteiger partial charge in [0.05, 0.1) is 24.2 Å². The van der Waals surface area contributed by atoms with Crippen molar-refractivity contribution >= 4 is 5.69 Å². The molecule has 0 spiro atoms. The number of nitrogens with two attached hydrogens (primary N) is 1. The highest BCUT2D eigenvalue weighted by Crippen LogP contribution is 2.26. The first kappa shape index (κ1) is 14.3. The van der Waals surface area contributed by atoms with E-state index >= 15 is 0 Å². The molecule has 0 bridgehead atoms. The van der Waals surface area contributed by atoms with Crippen LogP contribution in [0.2, 0.25) is 0 Å². The van der Waals surface area contributed by atoms with E-state index in [0.717, 1.165) is 18.6 Å². The summed E-state index contributed by atoms with van der Waals surface area (Å²) in [7, 11) is 0. The lowest BCUT2D eigenvalue weighted by Gasteiger charge is -2.11. The van der Waals surface area contributed by atoms with Gasteiger partial charge in [0.15, 0.2) is 11.6 Å². The Bertz CT molecular complexity index is 587.